The number of fused-ring (bicyclic) bond motifs is 1. The third-order valence-corrected chi connectivity index (χ3v) is 7.83. The molecule has 0 aliphatic heterocycles. The maximum absolute atomic E-state index is 13.2. The van der Waals surface area contributed by atoms with Crippen molar-refractivity contribution in [2.24, 2.45) is 14.1 Å². The summed E-state index contributed by atoms with van der Waals surface area (Å²) in [5.41, 5.74) is 4.96. The molecule has 32 heavy (non-hydrogen) atoms. The van der Waals surface area contributed by atoms with Crippen molar-refractivity contribution in [2.45, 2.75) is 18.6 Å². The summed E-state index contributed by atoms with van der Waals surface area (Å²) in [4.78, 5) is 56.7. The van der Waals surface area contributed by atoms with Crippen molar-refractivity contribution in [3.63, 3.8) is 0 Å². The highest BCUT2D eigenvalue weighted by atomic mass is 32.2. The van der Waals surface area contributed by atoms with Crippen LogP contribution in [0, 0.1) is 0 Å². The molecule has 0 amide bonds. The molecule has 9 nitrogen and oxygen atoms in total. The van der Waals surface area contributed by atoms with Gasteiger partial charge >= 0.3 is 5.69 Å². The minimum absolute atomic E-state index is 0.154. The van der Waals surface area contributed by atoms with Gasteiger partial charge in [0.25, 0.3) is 11.1 Å². The van der Waals surface area contributed by atoms with Gasteiger partial charge in [-0.15, -0.1) is 22.7 Å². The molecule has 0 saturated carbocycles. The summed E-state index contributed by atoms with van der Waals surface area (Å²) in [6.07, 6.45) is 0. The molecule has 0 fully saturated rings. The second kappa shape index (κ2) is 8.52. The fourth-order valence-electron chi connectivity index (χ4n) is 3.33. The smallest absolute Gasteiger partial charge is 0.332 e. The molecule has 2 N–H and O–H groups in total. The SMILES string of the molecule is CCn1c(SCC(=O)c2c(N)n(C)c(=O)n(C)c2=O)nc2scc(-c3cccs3)c2c1=O. The van der Waals surface area contributed by atoms with E-state index in [9.17, 15) is 19.2 Å². The van der Waals surface area contributed by atoms with Gasteiger partial charge in [0.1, 0.15) is 16.2 Å². The number of rotatable bonds is 6. The van der Waals surface area contributed by atoms with Crippen LogP contribution < -0.4 is 22.5 Å². The van der Waals surface area contributed by atoms with Gasteiger partial charge in [0.05, 0.1) is 11.1 Å². The number of nitrogens with two attached hydrogens (primary N) is 1. The summed E-state index contributed by atoms with van der Waals surface area (Å²) in [5, 5.41) is 4.82. The highest BCUT2D eigenvalue weighted by molar-refractivity contribution is 7.99. The molecule has 0 spiro atoms. The highest BCUT2D eigenvalue weighted by Crippen LogP contribution is 2.34. The van der Waals surface area contributed by atoms with Crippen LogP contribution in [0.5, 0.6) is 0 Å². The lowest BCUT2D eigenvalue weighted by molar-refractivity contribution is 0.102. The first-order valence-electron chi connectivity index (χ1n) is 9.53. The van der Waals surface area contributed by atoms with Crippen molar-refractivity contribution in [1.29, 1.82) is 0 Å². The quantitative estimate of drug-likeness (QED) is 0.250. The molecule has 0 aliphatic rings. The normalized spacial score (nSPS) is 11.3. The van der Waals surface area contributed by atoms with E-state index in [1.165, 1.54) is 30.0 Å². The molecule has 0 bridgehead atoms. The predicted octanol–water partition coefficient (Wildman–Crippen LogP) is 2.16. The van der Waals surface area contributed by atoms with E-state index < -0.39 is 17.0 Å². The number of carbonyl (C=O) groups is 1. The van der Waals surface area contributed by atoms with Gasteiger partial charge < -0.3 is 5.73 Å². The summed E-state index contributed by atoms with van der Waals surface area (Å²) >= 11 is 3.99. The van der Waals surface area contributed by atoms with Crippen molar-refractivity contribution in [2.75, 3.05) is 11.5 Å². The van der Waals surface area contributed by atoms with Gasteiger partial charge in [-0.05, 0) is 18.4 Å². The first-order chi connectivity index (χ1) is 15.3. The predicted molar refractivity (Wildman–Crippen MR) is 129 cm³/mol. The Morgan fingerprint density at radius 2 is 1.91 bits per heavy atom. The van der Waals surface area contributed by atoms with Gasteiger partial charge in [0.2, 0.25) is 0 Å². The topological polar surface area (TPSA) is 122 Å². The molecule has 4 heterocycles. The Morgan fingerprint density at radius 3 is 2.56 bits per heavy atom. The maximum atomic E-state index is 13.2. The molecule has 0 aromatic carbocycles. The van der Waals surface area contributed by atoms with Crippen LogP contribution in [0.4, 0.5) is 5.82 Å². The van der Waals surface area contributed by atoms with Gasteiger partial charge in [0.15, 0.2) is 10.9 Å². The van der Waals surface area contributed by atoms with Gasteiger partial charge in [-0.25, -0.2) is 9.78 Å². The lowest BCUT2D eigenvalue weighted by Gasteiger charge is -2.12. The third kappa shape index (κ3) is 3.53. The van der Waals surface area contributed by atoms with Crippen LogP contribution in [-0.2, 0) is 20.6 Å². The van der Waals surface area contributed by atoms with Crippen LogP contribution in [-0.4, -0.2) is 30.2 Å². The van der Waals surface area contributed by atoms with E-state index >= 15 is 0 Å². The Kier molecular flexibility index (Phi) is 5.93. The zero-order valence-electron chi connectivity index (χ0n) is 17.4. The largest absolute Gasteiger partial charge is 0.384 e. The van der Waals surface area contributed by atoms with Crippen LogP contribution in [0.25, 0.3) is 20.7 Å². The van der Waals surface area contributed by atoms with Gasteiger partial charge in [-0.3, -0.25) is 28.1 Å². The zero-order chi connectivity index (χ0) is 23.2. The summed E-state index contributed by atoms with van der Waals surface area (Å²) in [6.45, 7) is 2.21. The van der Waals surface area contributed by atoms with Crippen molar-refractivity contribution < 1.29 is 4.79 Å². The average molecular weight is 490 g/mol. The molecule has 4 aromatic heterocycles. The van der Waals surface area contributed by atoms with E-state index in [-0.39, 0.29) is 22.7 Å². The molecule has 0 aliphatic carbocycles. The second-order valence-corrected chi connectivity index (χ2v) is 9.68. The molecule has 166 valence electrons. The van der Waals surface area contributed by atoms with E-state index in [1.807, 2.05) is 29.8 Å². The summed E-state index contributed by atoms with van der Waals surface area (Å²) in [6, 6.07) is 3.89. The second-order valence-electron chi connectivity index (χ2n) is 6.93. The molecule has 0 atom stereocenters. The van der Waals surface area contributed by atoms with E-state index in [1.54, 1.807) is 11.3 Å². The van der Waals surface area contributed by atoms with Gasteiger partial charge in [0, 0.05) is 36.5 Å². The van der Waals surface area contributed by atoms with Crippen LogP contribution >= 0.6 is 34.4 Å². The van der Waals surface area contributed by atoms with Crippen molar-refractivity contribution in [1.82, 2.24) is 18.7 Å². The molecule has 12 heteroatoms. The monoisotopic (exact) mass is 489 g/mol. The number of hydrogen-bond donors (Lipinski definition) is 1. The minimum atomic E-state index is -0.744. The fraction of sp³-hybridized carbons (Fsp3) is 0.250. The number of hydrogen-bond acceptors (Lipinski definition) is 9. The molecule has 0 unspecified atom stereocenters. The highest BCUT2D eigenvalue weighted by Gasteiger charge is 2.22. The Morgan fingerprint density at radius 1 is 1.16 bits per heavy atom. The first kappa shape index (κ1) is 22.2. The Hall–Kier alpha value is -2.96. The van der Waals surface area contributed by atoms with E-state index in [0.29, 0.717) is 21.9 Å². The van der Waals surface area contributed by atoms with Crippen LogP contribution in [0.3, 0.4) is 0 Å². The Balaban J connectivity index is 1.72. The number of nitrogens with zero attached hydrogens (tertiary/aromatic N) is 4. The van der Waals surface area contributed by atoms with E-state index in [4.69, 9.17) is 5.73 Å². The van der Waals surface area contributed by atoms with Crippen molar-refractivity contribution in [3.05, 3.63) is 59.6 Å². The van der Waals surface area contributed by atoms with Crippen molar-refractivity contribution >= 4 is 56.3 Å². The molecule has 4 aromatic rings. The average Bonchev–Trinajstić information content (AvgIpc) is 3.45. The number of nitrogen functional groups attached to an aromatic ring is 1. The molecule has 0 saturated heterocycles. The molecule has 0 radical (unpaired) electrons. The zero-order valence-corrected chi connectivity index (χ0v) is 19.9. The van der Waals surface area contributed by atoms with Crippen LogP contribution in [0.1, 0.15) is 17.3 Å². The van der Waals surface area contributed by atoms with Crippen LogP contribution in [0.15, 0.2) is 42.4 Å². The number of thioether (sulfide) groups is 1. The third-order valence-electron chi connectivity index (χ3n) is 5.08. The van der Waals surface area contributed by atoms with Crippen LogP contribution in [0.2, 0.25) is 0 Å². The maximum Gasteiger partial charge on any atom is 0.332 e. The Labute approximate surface area is 193 Å². The summed E-state index contributed by atoms with van der Waals surface area (Å²) in [5.74, 6) is -0.872. The summed E-state index contributed by atoms with van der Waals surface area (Å²) < 4.78 is 3.42. The Bertz CT molecular complexity index is 1530. The van der Waals surface area contributed by atoms with Crippen molar-refractivity contribution in [3.8, 4) is 10.4 Å². The fourth-order valence-corrected chi connectivity index (χ4v) is 6.07. The molecular weight excluding hydrogens is 470 g/mol. The molecular formula is C20H19N5O4S3. The standard InChI is InChI=1S/C20H19N5O4S3/c1-4-25-18(28)13-10(12-6-5-7-30-12)8-31-16(13)22-19(25)32-9-11(26)14-15(21)23(2)20(29)24(3)17(14)27/h5-8H,4,9,21H2,1-3H3. The number of carbonyl (C=O) groups excluding carboxylic acids is 1. The van der Waals surface area contributed by atoms with Gasteiger partial charge in [-0.1, -0.05) is 17.8 Å². The number of thiophene rings is 2. The lowest BCUT2D eigenvalue weighted by Crippen LogP contribution is -2.41. The molecule has 4 rings (SSSR count). The van der Waals surface area contributed by atoms with E-state index in [2.05, 4.69) is 4.98 Å². The lowest BCUT2D eigenvalue weighted by atomic mass is 10.2. The number of aromatic nitrogens is 4. The summed E-state index contributed by atoms with van der Waals surface area (Å²) in [7, 11) is 2.69. The van der Waals surface area contributed by atoms with E-state index in [0.717, 1.165) is 31.3 Å². The minimum Gasteiger partial charge on any atom is -0.384 e. The first-order valence-corrected chi connectivity index (χ1v) is 12.3. The number of ketones is 1. The number of anilines is 1. The number of Topliss-reactive ketones (excluding diaryl/α,β-unsaturated/α-hetero) is 1. The van der Waals surface area contributed by atoms with Gasteiger partial charge in [-0.2, -0.15) is 0 Å².